The van der Waals surface area contributed by atoms with Crippen molar-refractivity contribution in [2.75, 3.05) is 20.2 Å². The smallest absolute Gasteiger partial charge is 0.407 e. The predicted octanol–water partition coefficient (Wildman–Crippen LogP) is 3.35. The topological polar surface area (TPSA) is 97.6 Å². The van der Waals surface area contributed by atoms with E-state index in [2.05, 4.69) is 20.2 Å². The highest BCUT2D eigenvalue weighted by molar-refractivity contribution is 5.85. The molecular formula is C21H27FN4O4. The van der Waals surface area contributed by atoms with Crippen LogP contribution in [0.4, 0.5) is 9.18 Å². The van der Waals surface area contributed by atoms with E-state index in [1.54, 1.807) is 17.0 Å². The van der Waals surface area contributed by atoms with Crippen LogP contribution in [0.3, 0.4) is 0 Å². The molecule has 0 spiro atoms. The van der Waals surface area contributed by atoms with Gasteiger partial charge in [0.15, 0.2) is 0 Å². The molecule has 0 saturated carbocycles. The Bertz CT molecular complexity index is 885. The van der Waals surface area contributed by atoms with Gasteiger partial charge in [-0.1, -0.05) is 31.1 Å². The van der Waals surface area contributed by atoms with Gasteiger partial charge in [0.25, 0.3) is 0 Å². The number of methoxy groups -OCH3 is 1. The minimum Gasteiger partial charge on any atom is -0.453 e. The standard InChI is InChI=1S/C21H27FN4O4/c1-13(2)10-17(23-21(28)29-3)20(27)26-9-5-7-15(12-26)19-24-18(25-30-19)14-6-4-8-16(22)11-14/h4,6,8,11,13,15,17H,5,7,9-10,12H2,1-3H3,(H,23,28). The number of carbonyl (C=O) groups excluding carboxylic acids is 2. The fraction of sp³-hybridized carbons (Fsp3) is 0.524. The number of nitrogens with one attached hydrogen (secondary N) is 1. The maximum Gasteiger partial charge on any atom is 0.407 e. The van der Waals surface area contributed by atoms with Crippen LogP contribution in [0.15, 0.2) is 28.8 Å². The third-order valence-electron chi connectivity index (χ3n) is 5.09. The van der Waals surface area contributed by atoms with Gasteiger partial charge in [0.1, 0.15) is 11.9 Å². The van der Waals surface area contributed by atoms with Crippen LogP contribution in [0.1, 0.15) is 44.9 Å². The van der Waals surface area contributed by atoms with Crippen LogP contribution in [0.5, 0.6) is 0 Å². The zero-order valence-corrected chi connectivity index (χ0v) is 17.4. The molecule has 1 aromatic carbocycles. The van der Waals surface area contributed by atoms with Crippen LogP contribution < -0.4 is 5.32 Å². The zero-order valence-electron chi connectivity index (χ0n) is 17.4. The zero-order chi connectivity index (χ0) is 21.7. The average molecular weight is 418 g/mol. The number of alkyl carbamates (subject to hydrolysis) is 1. The molecule has 1 fully saturated rings. The van der Waals surface area contributed by atoms with E-state index in [4.69, 9.17) is 4.52 Å². The Balaban J connectivity index is 1.71. The van der Waals surface area contributed by atoms with Crippen LogP contribution in [-0.2, 0) is 9.53 Å². The van der Waals surface area contributed by atoms with Crippen molar-refractivity contribution < 1.29 is 23.2 Å². The minimum absolute atomic E-state index is 0.115. The summed E-state index contributed by atoms with van der Waals surface area (Å²) in [6.45, 7) is 4.99. The summed E-state index contributed by atoms with van der Waals surface area (Å²) >= 11 is 0. The fourth-order valence-electron chi connectivity index (χ4n) is 3.64. The normalized spacial score (nSPS) is 17.6. The van der Waals surface area contributed by atoms with E-state index in [0.29, 0.717) is 36.8 Å². The SMILES string of the molecule is COC(=O)NC(CC(C)C)C(=O)N1CCCC(c2nc(-c3cccc(F)c3)no2)C1. The van der Waals surface area contributed by atoms with Crippen LogP contribution in [0, 0.1) is 11.7 Å². The summed E-state index contributed by atoms with van der Waals surface area (Å²) < 4.78 is 23.6. The summed E-state index contributed by atoms with van der Waals surface area (Å²) in [5.74, 6) is 0.328. The van der Waals surface area contributed by atoms with Gasteiger partial charge in [-0.3, -0.25) is 4.79 Å². The van der Waals surface area contributed by atoms with E-state index in [-0.39, 0.29) is 23.6 Å². The van der Waals surface area contributed by atoms with Crippen molar-refractivity contribution >= 4 is 12.0 Å². The Labute approximate surface area is 174 Å². The fourth-order valence-corrected chi connectivity index (χ4v) is 3.64. The molecule has 2 unspecified atom stereocenters. The van der Waals surface area contributed by atoms with E-state index in [1.807, 2.05) is 13.8 Å². The summed E-state index contributed by atoms with van der Waals surface area (Å²) in [5, 5.41) is 6.61. The average Bonchev–Trinajstić information content (AvgIpc) is 3.23. The van der Waals surface area contributed by atoms with Crippen molar-refractivity contribution in [1.82, 2.24) is 20.4 Å². The van der Waals surface area contributed by atoms with Crippen LogP contribution >= 0.6 is 0 Å². The molecule has 1 saturated heterocycles. The van der Waals surface area contributed by atoms with Gasteiger partial charge < -0.3 is 19.5 Å². The molecule has 2 aromatic rings. The minimum atomic E-state index is -0.651. The molecule has 3 rings (SSSR count). The number of benzene rings is 1. The number of rotatable bonds is 6. The summed E-state index contributed by atoms with van der Waals surface area (Å²) in [4.78, 5) is 30.9. The molecule has 1 aliphatic heterocycles. The van der Waals surface area contributed by atoms with Gasteiger partial charge in [-0.2, -0.15) is 4.98 Å². The van der Waals surface area contributed by atoms with E-state index in [0.717, 1.165) is 12.8 Å². The van der Waals surface area contributed by atoms with Gasteiger partial charge in [0, 0.05) is 18.7 Å². The van der Waals surface area contributed by atoms with Gasteiger partial charge >= 0.3 is 6.09 Å². The molecule has 30 heavy (non-hydrogen) atoms. The molecule has 0 aliphatic carbocycles. The first-order valence-electron chi connectivity index (χ1n) is 10.1. The number of hydrogen-bond acceptors (Lipinski definition) is 6. The van der Waals surface area contributed by atoms with Gasteiger partial charge in [-0.05, 0) is 37.3 Å². The van der Waals surface area contributed by atoms with Crippen molar-refractivity contribution in [2.24, 2.45) is 5.92 Å². The number of amides is 2. The third-order valence-corrected chi connectivity index (χ3v) is 5.09. The highest BCUT2D eigenvalue weighted by Gasteiger charge is 2.33. The number of piperidine rings is 1. The Morgan fingerprint density at radius 1 is 1.40 bits per heavy atom. The van der Waals surface area contributed by atoms with Crippen molar-refractivity contribution in [3.05, 3.63) is 36.0 Å². The third kappa shape index (κ3) is 5.34. The summed E-state index contributed by atoms with van der Waals surface area (Å²) in [6, 6.07) is 5.35. The quantitative estimate of drug-likeness (QED) is 0.773. The lowest BCUT2D eigenvalue weighted by atomic mass is 9.96. The Morgan fingerprint density at radius 2 is 2.20 bits per heavy atom. The van der Waals surface area contributed by atoms with Crippen LogP contribution in [0.25, 0.3) is 11.4 Å². The highest BCUT2D eigenvalue weighted by atomic mass is 19.1. The number of hydrogen-bond donors (Lipinski definition) is 1. The van der Waals surface area contributed by atoms with Crippen LogP contribution in [-0.4, -0.2) is 53.3 Å². The van der Waals surface area contributed by atoms with E-state index < -0.39 is 12.1 Å². The molecule has 2 amide bonds. The van der Waals surface area contributed by atoms with Crippen LogP contribution in [0.2, 0.25) is 0 Å². The maximum atomic E-state index is 13.5. The molecule has 0 radical (unpaired) electrons. The van der Waals surface area contributed by atoms with E-state index in [1.165, 1.54) is 19.2 Å². The molecule has 0 bridgehead atoms. The molecule has 2 heterocycles. The number of carbonyl (C=O) groups is 2. The first kappa shape index (κ1) is 21.7. The second-order valence-electron chi connectivity index (χ2n) is 7.91. The van der Waals surface area contributed by atoms with Gasteiger partial charge in [0.05, 0.1) is 13.0 Å². The number of nitrogens with zero attached hydrogens (tertiary/aromatic N) is 3. The molecule has 162 valence electrons. The first-order chi connectivity index (χ1) is 14.4. The lowest BCUT2D eigenvalue weighted by Crippen LogP contribution is -2.51. The predicted molar refractivity (Wildman–Crippen MR) is 107 cm³/mol. The van der Waals surface area contributed by atoms with Gasteiger partial charge in [-0.15, -0.1) is 0 Å². The van der Waals surface area contributed by atoms with Crippen molar-refractivity contribution in [3.8, 4) is 11.4 Å². The lowest BCUT2D eigenvalue weighted by Gasteiger charge is -2.34. The maximum absolute atomic E-state index is 13.5. The molecule has 1 N–H and O–H groups in total. The largest absolute Gasteiger partial charge is 0.453 e. The molecule has 9 heteroatoms. The monoisotopic (exact) mass is 418 g/mol. The number of halogens is 1. The summed E-state index contributed by atoms with van der Waals surface area (Å²) in [6.07, 6.45) is 1.47. The first-order valence-corrected chi connectivity index (χ1v) is 10.1. The molecule has 8 nitrogen and oxygen atoms in total. The molecular weight excluding hydrogens is 391 g/mol. The van der Waals surface area contributed by atoms with Gasteiger partial charge in [0.2, 0.25) is 17.6 Å². The lowest BCUT2D eigenvalue weighted by molar-refractivity contribution is -0.135. The Kier molecular flexibility index (Phi) is 7.02. The second-order valence-corrected chi connectivity index (χ2v) is 7.91. The summed E-state index contributed by atoms with van der Waals surface area (Å²) in [5.41, 5.74) is 0.535. The van der Waals surface area contributed by atoms with E-state index >= 15 is 0 Å². The second kappa shape index (κ2) is 9.69. The van der Waals surface area contributed by atoms with Crippen molar-refractivity contribution in [2.45, 2.75) is 45.1 Å². The number of likely N-dealkylation sites (tertiary alicyclic amines) is 1. The summed E-state index contributed by atoms with van der Waals surface area (Å²) in [7, 11) is 1.27. The highest BCUT2D eigenvalue weighted by Crippen LogP contribution is 2.28. The van der Waals surface area contributed by atoms with Crippen molar-refractivity contribution in [3.63, 3.8) is 0 Å². The number of ether oxygens (including phenoxy) is 1. The van der Waals surface area contributed by atoms with Crippen molar-refractivity contribution in [1.29, 1.82) is 0 Å². The molecule has 1 aliphatic rings. The number of aromatic nitrogens is 2. The van der Waals surface area contributed by atoms with E-state index in [9.17, 15) is 14.0 Å². The Hall–Kier alpha value is -2.97. The Morgan fingerprint density at radius 3 is 2.90 bits per heavy atom. The van der Waals surface area contributed by atoms with Gasteiger partial charge in [-0.25, -0.2) is 9.18 Å². The molecule has 1 aromatic heterocycles. The molecule has 2 atom stereocenters.